The molecule has 0 N–H and O–H groups in total. The Hall–Kier alpha value is -2.35. The van der Waals surface area contributed by atoms with Crippen molar-refractivity contribution in [3.8, 4) is 0 Å². The van der Waals surface area contributed by atoms with Gasteiger partial charge in [-0.3, -0.25) is 4.79 Å². The van der Waals surface area contributed by atoms with E-state index in [4.69, 9.17) is 0 Å². The van der Waals surface area contributed by atoms with Crippen molar-refractivity contribution in [2.45, 2.75) is 44.6 Å². The minimum absolute atomic E-state index is 0.0637. The highest BCUT2D eigenvalue weighted by atomic mass is 16.2. The fraction of sp³-hybridized carbons (Fsp3) is 0.318. The van der Waals surface area contributed by atoms with Crippen LogP contribution < -0.4 is 0 Å². The largest absolute Gasteiger partial charge is 0.308 e. The van der Waals surface area contributed by atoms with E-state index < -0.39 is 0 Å². The van der Waals surface area contributed by atoms with Gasteiger partial charge >= 0.3 is 0 Å². The third kappa shape index (κ3) is 2.21. The van der Waals surface area contributed by atoms with Crippen LogP contribution in [0.3, 0.4) is 0 Å². The molecule has 1 aliphatic carbocycles. The van der Waals surface area contributed by atoms with Gasteiger partial charge in [0.15, 0.2) is 0 Å². The highest BCUT2D eigenvalue weighted by Gasteiger charge is 2.45. The second-order valence-electron chi connectivity index (χ2n) is 7.13. The zero-order chi connectivity index (χ0) is 16.7. The Morgan fingerprint density at radius 3 is 2.54 bits per heavy atom. The van der Waals surface area contributed by atoms with E-state index in [2.05, 4.69) is 61.2 Å². The molecule has 0 unspecified atom stereocenters. The summed E-state index contributed by atoms with van der Waals surface area (Å²) in [5.41, 5.74) is 5.10. The average Bonchev–Trinajstić information content (AvgIpc) is 2.63. The van der Waals surface area contributed by atoms with Gasteiger partial charge in [0, 0.05) is 17.5 Å². The smallest absolute Gasteiger partial charge is 0.227 e. The lowest BCUT2D eigenvalue weighted by Crippen LogP contribution is -2.47. The number of amides is 1. The maximum absolute atomic E-state index is 12.8. The second-order valence-corrected chi connectivity index (χ2v) is 7.13. The third-order valence-electron chi connectivity index (χ3n) is 5.73. The van der Waals surface area contributed by atoms with Crippen LogP contribution in [0, 0.1) is 0 Å². The number of fused-ring (bicyclic) bond motifs is 3. The van der Waals surface area contributed by atoms with Crippen LogP contribution in [0.4, 0.5) is 0 Å². The molecule has 1 saturated heterocycles. The predicted octanol–water partition coefficient (Wildman–Crippen LogP) is 4.77. The molecule has 2 aliphatic rings. The zero-order valence-electron chi connectivity index (χ0n) is 14.3. The van der Waals surface area contributed by atoms with Gasteiger partial charge in [-0.05, 0) is 43.4 Å². The first kappa shape index (κ1) is 15.2. The van der Waals surface area contributed by atoms with Crippen LogP contribution in [-0.2, 0) is 16.6 Å². The first-order valence-corrected chi connectivity index (χ1v) is 8.77. The number of benzene rings is 2. The molecule has 0 aromatic heterocycles. The fourth-order valence-corrected chi connectivity index (χ4v) is 4.35. The summed E-state index contributed by atoms with van der Waals surface area (Å²) < 4.78 is 0. The van der Waals surface area contributed by atoms with Gasteiger partial charge in [0.2, 0.25) is 5.91 Å². The summed E-state index contributed by atoms with van der Waals surface area (Å²) in [6.07, 6.45) is 4.69. The van der Waals surface area contributed by atoms with Gasteiger partial charge in [0.25, 0.3) is 0 Å². The van der Waals surface area contributed by atoms with E-state index in [9.17, 15) is 4.79 Å². The average molecular weight is 317 g/mol. The van der Waals surface area contributed by atoms with Crippen molar-refractivity contribution < 1.29 is 4.79 Å². The molecule has 0 bridgehead atoms. The standard InChI is InChI=1S/C22H23NO/c1-16(17-8-4-3-5-9-17)23-20-13-12-18-10-6-7-11-19(18)22(20,2)15-14-21(23)24/h3-11,13,16H,12,14-15H2,1-2H3/t16-,22-/m0/s1. The molecule has 4 rings (SSSR count). The number of rotatable bonds is 2. The van der Waals surface area contributed by atoms with Crippen LogP contribution >= 0.6 is 0 Å². The summed E-state index contributed by atoms with van der Waals surface area (Å²) in [5, 5.41) is 0. The Balaban J connectivity index is 1.79. The van der Waals surface area contributed by atoms with Gasteiger partial charge in [-0.2, -0.15) is 0 Å². The molecule has 24 heavy (non-hydrogen) atoms. The van der Waals surface area contributed by atoms with E-state index >= 15 is 0 Å². The summed E-state index contributed by atoms with van der Waals surface area (Å²) in [5.74, 6) is 0.245. The number of nitrogens with zero attached hydrogens (tertiary/aromatic N) is 1. The Kier molecular flexibility index (Phi) is 3.56. The minimum atomic E-state index is -0.0637. The summed E-state index contributed by atoms with van der Waals surface area (Å²) in [6.45, 7) is 4.44. The monoisotopic (exact) mass is 317 g/mol. The highest BCUT2D eigenvalue weighted by Crippen LogP contribution is 2.48. The van der Waals surface area contributed by atoms with E-state index in [-0.39, 0.29) is 17.4 Å². The molecule has 0 spiro atoms. The number of hydrogen-bond acceptors (Lipinski definition) is 1. The molecule has 2 aromatic rings. The quantitative estimate of drug-likeness (QED) is 0.781. The zero-order valence-corrected chi connectivity index (χ0v) is 14.3. The fourth-order valence-electron chi connectivity index (χ4n) is 4.35. The molecule has 2 heteroatoms. The Bertz CT molecular complexity index is 808. The van der Waals surface area contributed by atoms with Crippen LogP contribution in [-0.4, -0.2) is 10.8 Å². The Labute approximate surface area is 143 Å². The van der Waals surface area contributed by atoms with Gasteiger partial charge in [0.05, 0.1) is 6.04 Å². The first-order chi connectivity index (χ1) is 11.6. The van der Waals surface area contributed by atoms with E-state index in [1.54, 1.807) is 0 Å². The molecule has 1 amide bonds. The van der Waals surface area contributed by atoms with Gasteiger partial charge in [-0.15, -0.1) is 0 Å². The lowest BCUT2D eigenvalue weighted by molar-refractivity contribution is -0.134. The van der Waals surface area contributed by atoms with Crippen molar-refractivity contribution in [1.29, 1.82) is 0 Å². The molecular weight excluding hydrogens is 294 g/mol. The van der Waals surface area contributed by atoms with E-state index in [0.29, 0.717) is 6.42 Å². The van der Waals surface area contributed by atoms with Gasteiger partial charge in [-0.1, -0.05) is 60.7 Å². The van der Waals surface area contributed by atoms with Crippen molar-refractivity contribution in [1.82, 2.24) is 4.90 Å². The normalized spacial score (nSPS) is 24.0. The second kappa shape index (κ2) is 5.62. The van der Waals surface area contributed by atoms with Gasteiger partial charge in [0.1, 0.15) is 0 Å². The molecule has 1 heterocycles. The molecule has 1 aliphatic heterocycles. The third-order valence-corrected chi connectivity index (χ3v) is 5.73. The number of hydrogen-bond donors (Lipinski definition) is 0. The van der Waals surface area contributed by atoms with Crippen molar-refractivity contribution >= 4 is 5.91 Å². The van der Waals surface area contributed by atoms with Crippen LogP contribution in [0.15, 0.2) is 66.4 Å². The van der Waals surface area contributed by atoms with E-state index in [1.165, 1.54) is 22.4 Å². The minimum Gasteiger partial charge on any atom is -0.308 e. The topological polar surface area (TPSA) is 20.3 Å². The van der Waals surface area contributed by atoms with Crippen LogP contribution in [0.5, 0.6) is 0 Å². The van der Waals surface area contributed by atoms with Crippen LogP contribution in [0.1, 0.15) is 49.4 Å². The lowest BCUT2D eigenvalue weighted by Gasteiger charge is -2.48. The molecule has 2 nitrogen and oxygen atoms in total. The number of likely N-dealkylation sites (tertiary alicyclic amines) is 1. The molecule has 0 saturated carbocycles. The van der Waals surface area contributed by atoms with Crippen LogP contribution in [0.25, 0.3) is 0 Å². The number of carbonyl (C=O) groups excluding carboxylic acids is 1. The van der Waals surface area contributed by atoms with Crippen molar-refractivity contribution in [2.75, 3.05) is 0 Å². The molecule has 0 radical (unpaired) electrons. The summed E-state index contributed by atoms with van der Waals surface area (Å²) >= 11 is 0. The maximum Gasteiger partial charge on any atom is 0.227 e. The number of carbonyl (C=O) groups is 1. The number of piperidine rings is 1. The maximum atomic E-state index is 12.8. The predicted molar refractivity (Wildman–Crippen MR) is 96.5 cm³/mol. The van der Waals surface area contributed by atoms with E-state index in [1.807, 2.05) is 18.2 Å². The molecule has 122 valence electrons. The Morgan fingerprint density at radius 2 is 1.75 bits per heavy atom. The summed E-state index contributed by atoms with van der Waals surface area (Å²) in [6, 6.07) is 19.1. The molecule has 2 atom stereocenters. The highest BCUT2D eigenvalue weighted by molar-refractivity contribution is 5.81. The Morgan fingerprint density at radius 1 is 1.04 bits per heavy atom. The van der Waals surface area contributed by atoms with Crippen LogP contribution in [0.2, 0.25) is 0 Å². The van der Waals surface area contributed by atoms with Crippen molar-refractivity contribution in [2.24, 2.45) is 0 Å². The van der Waals surface area contributed by atoms with E-state index in [0.717, 1.165) is 12.8 Å². The molecule has 2 aromatic carbocycles. The summed E-state index contributed by atoms with van der Waals surface area (Å²) in [7, 11) is 0. The molecule has 1 fully saturated rings. The first-order valence-electron chi connectivity index (χ1n) is 8.77. The van der Waals surface area contributed by atoms with Crippen molar-refractivity contribution in [3.63, 3.8) is 0 Å². The van der Waals surface area contributed by atoms with Gasteiger partial charge in [-0.25, -0.2) is 0 Å². The van der Waals surface area contributed by atoms with Crippen molar-refractivity contribution in [3.05, 3.63) is 83.1 Å². The van der Waals surface area contributed by atoms with Gasteiger partial charge < -0.3 is 4.90 Å². The molecular formula is C22H23NO. The summed E-state index contributed by atoms with van der Waals surface area (Å²) in [4.78, 5) is 14.9. The lowest BCUT2D eigenvalue weighted by atomic mass is 9.67. The SMILES string of the molecule is C[C@@H](c1ccccc1)N1C(=O)CC[C@]2(C)C1=CCc1ccccc12. The number of allylic oxidation sites excluding steroid dienone is 2.